The molecule has 1 fully saturated rings. The number of rotatable bonds is 9. The van der Waals surface area contributed by atoms with Gasteiger partial charge >= 0.3 is 11.8 Å². The lowest BCUT2D eigenvalue weighted by atomic mass is 9.96. The van der Waals surface area contributed by atoms with Crippen LogP contribution in [0.5, 0.6) is 11.6 Å². The fourth-order valence-electron chi connectivity index (χ4n) is 6.47. The van der Waals surface area contributed by atoms with Crippen LogP contribution in [0.4, 0.5) is 10.5 Å². The summed E-state index contributed by atoms with van der Waals surface area (Å²) in [5.74, 6) is 0.00341. The first kappa shape index (κ1) is 35.2. The number of halogens is 1. The normalized spacial score (nSPS) is 16.2. The molecule has 3 amide bonds. The SMILES string of the molecule is CCOC(=O)N(CC1CCC(=O)N1)C1COc2cc(-c3cccc(-c4cccc(NC(=O)c5cn(C)c(=O)n(C)c5=O)c4C)c3Cl)nc(OC)c21. The van der Waals surface area contributed by atoms with Crippen molar-refractivity contribution in [2.75, 3.05) is 32.2 Å². The average Bonchev–Trinajstić information content (AvgIpc) is 3.74. The zero-order chi connectivity index (χ0) is 36.6. The van der Waals surface area contributed by atoms with Gasteiger partial charge in [-0.3, -0.25) is 23.9 Å². The van der Waals surface area contributed by atoms with Crippen molar-refractivity contribution in [1.82, 2.24) is 24.3 Å². The number of pyridine rings is 1. The smallest absolute Gasteiger partial charge is 0.410 e. The van der Waals surface area contributed by atoms with Crippen molar-refractivity contribution in [3.05, 3.63) is 91.2 Å². The number of aromatic nitrogens is 3. The summed E-state index contributed by atoms with van der Waals surface area (Å²) in [6.45, 7) is 4.10. The number of aryl methyl sites for hydroxylation is 1. The molecule has 6 rings (SSSR count). The number of fused-ring (bicyclic) bond motifs is 1. The van der Waals surface area contributed by atoms with Gasteiger partial charge in [0.25, 0.3) is 11.5 Å². The number of carbonyl (C=O) groups is 3. The van der Waals surface area contributed by atoms with Crippen LogP contribution in [0.1, 0.15) is 47.3 Å². The van der Waals surface area contributed by atoms with Crippen LogP contribution in [0.3, 0.4) is 0 Å². The number of ether oxygens (including phenoxy) is 3. The van der Waals surface area contributed by atoms with Gasteiger partial charge in [0.05, 0.1) is 30.0 Å². The Labute approximate surface area is 297 Å². The van der Waals surface area contributed by atoms with E-state index in [-0.39, 0.29) is 43.2 Å². The summed E-state index contributed by atoms with van der Waals surface area (Å²) in [6, 6.07) is 11.8. The summed E-state index contributed by atoms with van der Waals surface area (Å²) < 4.78 is 19.3. The molecular formula is C36H37ClN6O8. The van der Waals surface area contributed by atoms with Crippen molar-refractivity contribution in [2.45, 2.75) is 38.8 Å². The fourth-order valence-corrected chi connectivity index (χ4v) is 6.79. The molecule has 2 aliphatic heterocycles. The molecule has 2 atom stereocenters. The van der Waals surface area contributed by atoms with Crippen molar-refractivity contribution in [1.29, 1.82) is 0 Å². The number of hydrogen-bond acceptors (Lipinski definition) is 9. The molecule has 2 N–H and O–H groups in total. The monoisotopic (exact) mass is 716 g/mol. The quantitative estimate of drug-likeness (QED) is 0.258. The highest BCUT2D eigenvalue weighted by molar-refractivity contribution is 6.36. The molecule has 266 valence electrons. The zero-order valence-corrected chi connectivity index (χ0v) is 29.5. The van der Waals surface area contributed by atoms with E-state index in [0.717, 1.165) is 10.1 Å². The fraction of sp³-hybridized carbons (Fsp3) is 0.333. The zero-order valence-electron chi connectivity index (χ0n) is 28.7. The van der Waals surface area contributed by atoms with Crippen LogP contribution >= 0.6 is 11.6 Å². The standard InChI is InChI=1S/C36H37ClN6O8/c1-6-50-36(48)43(16-20-13-14-29(44)38-20)27-18-51-28-15-26(40-33(49-5)30(27)28)23-11-7-10-22(31(23)37)21-9-8-12-25(19(21)2)39-32(45)24-17-41(3)35(47)42(4)34(24)46/h7-12,15,17,20,27H,6,13-14,16,18H2,1-5H3,(H,38,44)(H,39,45). The third-order valence-corrected chi connectivity index (χ3v) is 9.53. The highest BCUT2D eigenvalue weighted by Crippen LogP contribution is 2.46. The average molecular weight is 717 g/mol. The van der Waals surface area contributed by atoms with Gasteiger partial charge in [-0.05, 0) is 37.5 Å². The lowest BCUT2D eigenvalue weighted by Gasteiger charge is -2.30. The number of carbonyl (C=O) groups excluding carboxylic acids is 3. The van der Waals surface area contributed by atoms with E-state index < -0.39 is 29.3 Å². The maximum absolute atomic E-state index is 13.2. The highest BCUT2D eigenvalue weighted by Gasteiger charge is 2.39. The Morgan fingerprint density at radius 1 is 1.12 bits per heavy atom. The van der Waals surface area contributed by atoms with Gasteiger partial charge in [-0.15, -0.1) is 0 Å². The van der Waals surface area contributed by atoms with Gasteiger partial charge in [0.15, 0.2) is 0 Å². The second kappa shape index (κ2) is 14.3. The first-order valence-corrected chi connectivity index (χ1v) is 16.7. The Bertz CT molecular complexity index is 2180. The second-order valence-electron chi connectivity index (χ2n) is 12.3. The Morgan fingerprint density at radius 2 is 1.84 bits per heavy atom. The Morgan fingerprint density at radius 3 is 2.55 bits per heavy atom. The van der Waals surface area contributed by atoms with Crippen LogP contribution in [0.25, 0.3) is 22.4 Å². The van der Waals surface area contributed by atoms with Crippen molar-refractivity contribution in [2.24, 2.45) is 14.1 Å². The summed E-state index contributed by atoms with van der Waals surface area (Å²) in [5.41, 5.74) is 2.74. The molecule has 14 nitrogen and oxygen atoms in total. The molecule has 1 saturated heterocycles. The third-order valence-electron chi connectivity index (χ3n) is 9.13. The van der Waals surface area contributed by atoms with Gasteiger partial charge < -0.3 is 29.4 Å². The van der Waals surface area contributed by atoms with E-state index in [1.807, 2.05) is 31.2 Å². The lowest BCUT2D eigenvalue weighted by molar-refractivity contribution is -0.119. The molecule has 0 radical (unpaired) electrons. The number of nitrogens with zero attached hydrogens (tertiary/aromatic N) is 4. The van der Waals surface area contributed by atoms with Crippen LogP contribution in [-0.4, -0.2) is 69.8 Å². The molecule has 2 unspecified atom stereocenters. The van der Waals surface area contributed by atoms with Gasteiger partial charge in [-0.25, -0.2) is 14.6 Å². The van der Waals surface area contributed by atoms with Crippen molar-refractivity contribution >= 4 is 35.2 Å². The van der Waals surface area contributed by atoms with Gasteiger partial charge in [0, 0.05) is 62.2 Å². The van der Waals surface area contributed by atoms with Crippen molar-refractivity contribution in [3.63, 3.8) is 0 Å². The molecular weight excluding hydrogens is 680 g/mol. The minimum absolute atomic E-state index is 0.0602. The number of amides is 3. The predicted molar refractivity (Wildman–Crippen MR) is 189 cm³/mol. The molecule has 2 aromatic carbocycles. The summed E-state index contributed by atoms with van der Waals surface area (Å²) in [5, 5.41) is 6.09. The maximum Gasteiger partial charge on any atom is 0.410 e. The molecule has 0 spiro atoms. The summed E-state index contributed by atoms with van der Waals surface area (Å²) >= 11 is 7.09. The number of methoxy groups -OCH3 is 1. The third kappa shape index (κ3) is 6.66. The van der Waals surface area contributed by atoms with Crippen LogP contribution < -0.4 is 31.4 Å². The molecule has 0 saturated carbocycles. The Balaban J connectivity index is 1.33. The van der Waals surface area contributed by atoms with Crippen LogP contribution in [0.2, 0.25) is 5.02 Å². The van der Waals surface area contributed by atoms with Gasteiger partial charge in [-0.2, -0.15) is 0 Å². The van der Waals surface area contributed by atoms with Crippen molar-refractivity contribution < 1.29 is 28.6 Å². The molecule has 0 bridgehead atoms. The van der Waals surface area contributed by atoms with Crippen LogP contribution in [0, 0.1) is 6.92 Å². The second-order valence-corrected chi connectivity index (χ2v) is 12.7. The summed E-state index contributed by atoms with van der Waals surface area (Å²) in [7, 11) is 4.27. The summed E-state index contributed by atoms with van der Waals surface area (Å²) in [6.07, 6.45) is 1.67. The van der Waals surface area contributed by atoms with Crippen LogP contribution in [-0.2, 0) is 23.6 Å². The Kier molecular flexibility index (Phi) is 9.88. The molecule has 15 heteroatoms. The summed E-state index contributed by atoms with van der Waals surface area (Å²) in [4.78, 5) is 69.4. The van der Waals surface area contributed by atoms with E-state index in [2.05, 4.69) is 10.6 Å². The molecule has 2 aliphatic rings. The first-order valence-electron chi connectivity index (χ1n) is 16.3. The molecule has 51 heavy (non-hydrogen) atoms. The topological polar surface area (TPSA) is 163 Å². The predicted octanol–water partition coefficient (Wildman–Crippen LogP) is 4.21. The van der Waals surface area contributed by atoms with E-state index >= 15 is 0 Å². The van der Waals surface area contributed by atoms with Gasteiger partial charge in [-0.1, -0.05) is 41.9 Å². The van der Waals surface area contributed by atoms with E-state index in [1.54, 1.807) is 30.0 Å². The van der Waals surface area contributed by atoms with Crippen LogP contribution in [0.15, 0.2) is 58.3 Å². The highest BCUT2D eigenvalue weighted by atomic mass is 35.5. The van der Waals surface area contributed by atoms with E-state index in [9.17, 15) is 24.0 Å². The van der Waals surface area contributed by atoms with Gasteiger partial charge in [0.2, 0.25) is 11.8 Å². The molecule has 2 aromatic heterocycles. The lowest BCUT2D eigenvalue weighted by Crippen LogP contribution is -2.44. The molecule has 4 aromatic rings. The molecule has 0 aliphatic carbocycles. The number of benzene rings is 2. The van der Waals surface area contributed by atoms with E-state index in [0.29, 0.717) is 57.2 Å². The minimum Gasteiger partial charge on any atom is -0.490 e. The Hall–Kier alpha value is -5.63. The number of nitrogens with one attached hydrogen (secondary N) is 2. The maximum atomic E-state index is 13.2. The number of hydrogen-bond donors (Lipinski definition) is 2. The van der Waals surface area contributed by atoms with E-state index in [4.69, 9.17) is 30.8 Å². The first-order chi connectivity index (χ1) is 24.4. The molecule has 4 heterocycles. The minimum atomic E-state index is -0.705. The largest absolute Gasteiger partial charge is 0.490 e. The van der Waals surface area contributed by atoms with Gasteiger partial charge in [0.1, 0.15) is 24.0 Å². The number of anilines is 1. The van der Waals surface area contributed by atoms with E-state index in [1.165, 1.54) is 32.0 Å². The van der Waals surface area contributed by atoms with Crippen molar-refractivity contribution in [3.8, 4) is 34.0 Å².